The third kappa shape index (κ3) is 4.94. The van der Waals surface area contributed by atoms with Gasteiger partial charge in [0.2, 0.25) is 6.29 Å². The van der Waals surface area contributed by atoms with E-state index in [1.165, 1.54) is 0 Å². The van der Waals surface area contributed by atoms with E-state index in [4.69, 9.17) is 4.74 Å². The van der Waals surface area contributed by atoms with Crippen LogP contribution in [0.4, 0.5) is 0 Å². The van der Waals surface area contributed by atoms with Crippen LogP contribution in [0.25, 0.3) is 0 Å². The Kier molecular flexibility index (Phi) is 7.34. The van der Waals surface area contributed by atoms with Crippen molar-refractivity contribution >= 4 is 5.97 Å². The van der Waals surface area contributed by atoms with E-state index < -0.39 is 24.3 Å². The van der Waals surface area contributed by atoms with E-state index in [2.05, 4.69) is 0 Å². The minimum atomic E-state index is -1.21. The zero-order valence-electron chi connectivity index (χ0n) is 10.6. The zero-order chi connectivity index (χ0) is 12.7. The second-order valence-electron chi connectivity index (χ2n) is 4.41. The predicted molar refractivity (Wildman–Crippen MR) is 61.6 cm³/mol. The van der Waals surface area contributed by atoms with Crippen molar-refractivity contribution < 1.29 is 19.7 Å². The lowest BCUT2D eigenvalue weighted by molar-refractivity contribution is -0.188. The van der Waals surface area contributed by atoms with E-state index in [-0.39, 0.29) is 5.92 Å². The van der Waals surface area contributed by atoms with Crippen LogP contribution in [0.15, 0.2) is 0 Å². The third-order valence-corrected chi connectivity index (χ3v) is 2.62. The molecule has 0 aromatic heterocycles. The average molecular weight is 232 g/mol. The first kappa shape index (κ1) is 15.4. The van der Waals surface area contributed by atoms with Gasteiger partial charge in [-0.1, -0.05) is 34.1 Å². The number of carbonyl (C=O) groups is 1. The monoisotopic (exact) mass is 232 g/mol. The third-order valence-electron chi connectivity index (χ3n) is 2.62. The van der Waals surface area contributed by atoms with Gasteiger partial charge in [0.05, 0.1) is 12.0 Å². The number of ether oxygens (including phenoxy) is 1. The molecule has 0 aliphatic rings. The summed E-state index contributed by atoms with van der Waals surface area (Å²) in [6.07, 6.45) is 0.191. The maximum Gasteiger partial charge on any atom is 0.310 e. The van der Waals surface area contributed by atoms with E-state index in [0.717, 1.165) is 6.42 Å². The zero-order valence-corrected chi connectivity index (χ0v) is 10.6. The largest absolute Gasteiger partial charge is 0.435 e. The molecular formula is C12H24O4. The molecule has 0 bridgehead atoms. The van der Waals surface area contributed by atoms with Crippen molar-refractivity contribution in [3.05, 3.63) is 0 Å². The lowest BCUT2D eigenvalue weighted by atomic mass is 9.95. The Balaban J connectivity index is 4.30. The second-order valence-corrected chi connectivity index (χ2v) is 4.41. The molecule has 2 N–H and O–H groups in total. The van der Waals surface area contributed by atoms with Crippen molar-refractivity contribution in [2.75, 3.05) is 0 Å². The lowest BCUT2D eigenvalue weighted by Crippen LogP contribution is -2.35. The summed E-state index contributed by atoms with van der Waals surface area (Å²) in [5, 5.41) is 19.5. The molecule has 0 rings (SSSR count). The first-order valence-corrected chi connectivity index (χ1v) is 6.00. The first-order valence-electron chi connectivity index (χ1n) is 6.00. The highest BCUT2D eigenvalue weighted by molar-refractivity contribution is 5.71. The summed E-state index contributed by atoms with van der Waals surface area (Å²) in [4.78, 5) is 11.3. The first-order chi connectivity index (χ1) is 7.43. The number of hydrogen-bond donors (Lipinski definition) is 2. The molecule has 4 heteroatoms. The van der Waals surface area contributed by atoms with Gasteiger partial charge >= 0.3 is 5.97 Å². The molecule has 0 aromatic rings. The van der Waals surface area contributed by atoms with E-state index in [1.807, 2.05) is 13.8 Å². The Bertz CT molecular complexity index is 203. The quantitative estimate of drug-likeness (QED) is 0.518. The molecule has 0 aliphatic carbocycles. The van der Waals surface area contributed by atoms with Gasteiger partial charge in [0.15, 0.2) is 0 Å². The predicted octanol–water partition coefficient (Wildman–Crippen LogP) is 1.69. The lowest BCUT2D eigenvalue weighted by Gasteiger charge is -2.26. The number of rotatable bonds is 7. The summed E-state index contributed by atoms with van der Waals surface area (Å²) in [6, 6.07) is 0. The number of esters is 1. The summed E-state index contributed by atoms with van der Waals surface area (Å²) < 4.78 is 4.89. The highest BCUT2D eigenvalue weighted by atomic mass is 16.6. The van der Waals surface area contributed by atoms with Gasteiger partial charge in [0.25, 0.3) is 0 Å². The Morgan fingerprint density at radius 3 is 2.19 bits per heavy atom. The van der Waals surface area contributed by atoms with Crippen LogP contribution in [0, 0.1) is 11.8 Å². The number of aliphatic hydroxyl groups is 2. The second kappa shape index (κ2) is 7.63. The van der Waals surface area contributed by atoms with Gasteiger partial charge < -0.3 is 14.9 Å². The molecule has 0 amide bonds. The van der Waals surface area contributed by atoms with E-state index in [0.29, 0.717) is 12.8 Å². The van der Waals surface area contributed by atoms with Crippen molar-refractivity contribution in [2.45, 2.75) is 59.4 Å². The molecule has 0 saturated heterocycles. The minimum absolute atomic E-state index is 0.268. The molecule has 0 aliphatic heterocycles. The fourth-order valence-electron chi connectivity index (χ4n) is 1.52. The molecular weight excluding hydrogens is 208 g/mol. The molecule has 0 saturated carbocycles. The van der Waals surface area contributed by atoms with Crippen molar-refractivity contribution in [3.8, 4) is 0 Å². The smallest absolute Gasteiger partial charge is 0.310 e. The van der Waals surface area contributed by atoms with Gasteiger partial charge in [-0.25, -0.2) is 0 Å². The minimum Gasteiger partial charge on any atom is -0.435 e. The number of hydrogen-bond acceptors (Lipinski definition) is 4. The van der Waals surface area contributed by atoms with Gasteiger partial charge in [-0.15, -0.1) is 0 Å². The van der Waals surface area contributed by atoms with Crippen LogP contribution in [0.5, 0.6) is 0 Å². The van der Waals surface area contributed by atoms with Crippen molar-refractivity contribution in [3.63, 3.8) is 0 Å². The fraction of sp³-hybridized carbons (Fsp3) is 0.917. The summed E-state index contributed by atoms with van der Waals surface area (Å²) in [6.45, 7) is 7.23. The molecule has 16 heavy (non-hydrogen) atoms. The van der Waals surface area contributed by atoms with Crippen molar-refractivity contribution in [1.82, 2.24) is 0 Å². The number of carbonyl (C=O) groups excluding carboxylic acids is 1. The maximum atomic E-state index is 11.3. The summed E-state index contributed by atoms with van der Waals surface area (Å²) in [7, 11) is 0. The molecule has 96 valence electrons. The summed E-state index contributed by atoms with van der Waals surface area (Å²) >= 11 is 0. The molecule has 3 unspecified atom stereocenters. The van der Waals surface area contributed by atoms with Crippen LogP contribution in [-0.2, 0) is 9.53 Å². The van der Waals surface area contributed by atoms with Gasteiger partial charge in [0.1, 0.15) is 0 Å². The Hall–Kier alpha value is -0.610. The van der Waals surface area contributed by atoms with Crippen LogP contribution >= 0.6 is 0 Å². The number of aliphatic hydroxyl groups excluding tert-OH is 2. The van der Waals surface area contributed by atoms with Gasteiger partial charge in [-0.2, -0.15) is 0 Å². The van der Waals surface area contributed by atoms with E-state index in [9.17, 15) is 15.0 Å². The van der Waals surface area contributed by atoms with Crippen LogP contribution < -0.4 is 0 Å². The van der Waals surface area contributed by atoms with Crippen LogP contribution in [0.3, 0.4) is 0 Å². The molecule has 0 fully saturated rings. The summed E-state index contributed by atoms with van der Waals surface area (Å²) in [5.41, 5.74) is 0. The van der Waals surface area contributed by atoms with Gasteiger partial charge in [-0.3, -0.25) is 4.79 Å². The van der Waals surface area contributed by atoms with Crippen LogP contribution in [0.2, 0.25) is 0 Å². The highest BCUT2D eigenvalue weighted by Gasteiger charge is 2.28. The standard InChI is InChI=1S/C12H24O4/c1-5-7-10(13)9(6-2)12(15)16-11(14)8(3)4/h8-10,12-13,15H,5-7H2,1-4H3. The van der Waals surface area contributed by atoms with E-state index >= 15 is 0 Å². The van der Waals surface area contributed by atoms with E-state index in [1.54, 1.807) is 13.8 Å². The molecule has 0 aromatic carbocycles. The normalized spacial score (nSPS) is 16.9. The summed E-state index contributed by atoms with van der Waals surface area (Å²) in [5.74, 6) is -1.10. The highest BCUT2D eigenvalue weighted by Crippen LogP contribution is 2.19. The molecule has 0 spiro atoms. The molecule has 3 atom stereocenters. The molecule has 4 nitrogen and oxygen atoms in total. The Morgan fingerprint density at radius 1 is 1.25 bits per heavy atom. The fourth-order valence-corrected chi connectivity index (χ4v) is 1.52. The van der Waals surface area contributed by atoms with Crippen molar-refractivity contribution in [2.24, 2.45) is 11.8 Å². The topological polar surface area (TPSA) is 66.8 Å². The van der Waals surface area contributed by atoms with Crippen LogP contribution in [-0.4, -0.2) is 28.6 Å². The Morgan fingerprint density at radius 2 is 1.81 bits per heavy atom. The molecule has 0 radical (unpaired) electrons. The van der Waals surface area contributed by atoms with Crippen molar-refractivity contribution in [1.29, 1.82) is 0 Å². The average Bonchev–Trinajstić information content (AvgIpc) is 2.18. The van der Waals surface area contributed by atoms with Gasteiger partial charge in [0, 0.05) is 5.92 Å². The maximum absolute atomic E-state index is 11.3. The Labute approximate surface area is 97.6 Å². The van der Waals surface area contributed by atoms with Crippen LogP contribution in [0.1, 0.15) is 47.0 Å². The van der Waals surface area contributed by atoms with Gasteiger partial charge in [-0.05, 0) is 12.8 Å². The molecule has 0 heterocycles. The SMILES string of the molecule is CCCC(O)C(CC)C(O)OC(=O)C(C)C.